The van der Waals surface area contributed by atoms with Gasteiger partial charge in [-0.05, 0) is 62.3 Å². The summed E-state index contributed by atoms with van der Waals surface area (Å²) < 4.78 is 10.7. The lowest BCUT2D eigenvalue weighted by molar-refractivity contribution is -0.143. The fraction of sp³-hybridized carbons (Fsp3) is 0.794. The Morgan fingerprint density at radius 1 is 0.936 bits per heavy atom. The predicted octanol–water partition coefficient (Wildman–Crippen LogP) is 2.59. The summed E-state index contributed by atoms with van der Waals surface area (Å²) in [6.07, 6.45) is 12.0. The predicted molar refractivity (Wildman–Crippen MR) is 183 cm³/mol. The first-order chi connectivity index (χ1) is 22.5. The lowest BCUT2D eigenvalue weighted by Crippen LogP contribution is -2.61. The van der Waals surface area contributed by atoms with Gasteiger partial charge >= 0.3 is 17.7 Å². The standard InChI is InChI=1S/C34H56N6O6S/c1-5-17-36-31(43)28(41)25(21-23-15-16-23)37-30(42)27-14-11-19-40(27)32(44)29(34(2,3)4)39-33(45)38-26(24-12-7-6-8-13-24)22-35-18-9-10-20-47-46/h5,23-27,29,35H,1,6-22H2,2-4H3,(H3-,36,37,38,39,42,43,45)/p+1/t25?,26-,27+,29-/m1/s1. The van der Waals surface area contributed by atoms with Gasteiger partial charge in [-0.15, -0.1) is 6.58 Å². The number of carbonyl (C=O) groups is 5. The summed E-state index contributed by atoms with van der Waals surface area (Å²) in [4.78, 5) is 68.1. The Hall–Kier alpha value is -2.93. The van der Waals surface area contributed by atoms with Gasteiger partial charge in [0.15, 0.2) is 0 Å². The van der Waals surface area contributed by atoms with Crippen LogP contribution in [0.25, 0.3) is 0 Å². The van der Waals surface area contributed by atoms with E-state index in [1.807, 2.05) is 20.8 Å². The van der Waals surface area contributed by atoms with Crippen LogP contribution in [-0.4, -0.2) is 90.5 Å². The van der Waals surface area contributed by atoms with Crippen molar-refractivity contribution < 1.29 is 28.2 Å². The van der Waals surface area contributed by atoms with Crippen LogP contribution in [0.2, 0.25) is 0 Å². The molecule has 47 heavy (non-hydrogen) atoms. The number of nitrogens with zero attached hydrogens (tertiary/aromatic N) is 1. The minimum Gasteiger partial charge on any atom is -0.346 e. The molecule has 5 amide bonds. The third-order valence-electron chi connectivity index (χ3n) is 9.49. The van der Waals surface area contributed by atoms with Gasteiger partial charge in [0.1, 0.15) is 12.1 Å². The van der Waals surface area contributed by atoms with Crippen LogP contribution in [-0.2, 0) is 35.1 Å². The Bertz CT molecular complexity index is 1100. The summed E-state index contributed by atoms with van der Waals surface area (Å²) in [7, 11) is 0. The molecule has 1 aliphatic heterocycles. The third-order valence-corrected chi connectivity index (χ3v) is 9.94. The highest BCUT2D eigenvalue weighted by molar-refractivity contribution is 7.65. The molecular weight excluding hydrogens is 620 g/mol. The molecule has 0 radical (unpaired) electrons. The van der Waals surface area contributed by atoms with Gasteiger partial charge in [0.25, 0.3) is 5.91 Å². The van der Waals surface area contributed by atoms with Crippen LogP contribution in [0.3, 0.4) is 0 Å². The first kappa shape index (κ1) is 38.5. The smallest absolute Gasteiger partial charge is 0.346 e. The van der Waals surface area contributed by atoms with E-state index in [-0.39, 0.29) is 24.4 Å². The van der Waals surface area contributed by atoms with Crippen molar-refractivity contribution in [3.05, 3.63) is 12.7 Å². The maximum absolute atomic E-state index is 14.1. The van der Waals surface area contributed by atoms with Gasteiger partial charge in [0.05, 0.1) is 6.04 Å². The van der Waals surface area contributed by atoms with Crippen LogP contribution in [0.1, 0.15) is 97.8 Å². The summed E-state index contributed by atoms with van der Waals surface area (Å²) in [5, 5.41) is 14.9. The number of Topliss-reactive ketones (excluding diaryl/α,β-unsaturated/α-hetero) is 1. The van der Waals surface area contributed by atoms with Crippen molar-refractivity contribution in [3.63, 3.8) is 0 Å². The first-order valence-corrected chi connectivity index (χ1v) is 18.4. The van der Waals surface area contributed by atoms with Crippen molar-refractivity contribution in [1.29, 1.82) is 0 Å². The number of ketones is 1. The molecule has 2 saturated carbocycles. The second-order valence-electron chi connectivity index (χ2n) is 14.4. The van der Waals surface area contributed by atoms with Crippen LogP contribution in [0.5, 0.6) is 0 Å². The lowest BCUT2D eigenvalue weighted by atomic mass is 9.83. The van der Waals surface area contributed by atoms with Gasteiger partial charge in [-0.2, -0.15) is 0 Å². The normalized spacial score (nSPS) is 20.4. The molecule has 5 N–H and O–H groups in total. The molecule has 0 bridgehead atoms. The number of carbonyl (C=O) groups excluding carboxylic acids is 5. The third kappa shape index (κ3) is 12.6. The van der Waals surface area contributed by atoms with E-state index in [0.29, 0.717) is 55.7 Å². The second-order valence-corrected chi connectivity index (χ2v) is 15.1. The molecule has 1 unspecified atom stereocenters. The number of unbranched alkanes of at least 4 members (excludes halogenated alkanes) is 1. The summed E-state index contributed by atoms with van der Waals surface area (Å²) in [5.74, 6) is -1.07. The molecular formula is C34H57N6O6S+. The zero-order valence-corrected chi connectivity index (χ0v) is 29.4. The molecule has 264 valence electrons. The fourth-order valence-electron chi connectivity index (χ4n) is 6.60. The first-order valence-electron chi connectivity index (χ1n) is 17.5. The van der Waals surface area contributed by atoms with E-state index < -0.39 is 47.2 Å². The van der Waals surface area contributed by atoms with Gasteiger partial charge in [-0.25, -0.2) is 4.79 Å². The van der Waals surface area contributed by atoms with E-state index in [1.54, 1.807) is 0 Å². The molecule has 0 aromatic rings. The van der Waals surface area contributed by atoms with E-state index in [4.69, 9.17) is 0 Å². The molecule has 2 aliphatic carbocycles. The molecule has 0 aromatic heterocycles. The number of urea groups is 1. The molecule has 12 nitrogen and oxygen atoms in total. The zero-order valence-electron chi connectivity index (χ0n) is 28.6. The van der Waals surface area contributed by atoms with Gasteiger partial charge in [-0.3, -0.25) is 19.2 Å². The van der Waals surface area contributed by atoms with Gasteiger partial charge in [-0.1, -0.05) is 59.0 Å². The minimum atomic E-state index is -0.962. The molecule has 0 spiro atoms. The maximum atomic E-state index is 14.1. The molecule has 3 fully saturated rings. The number of amides is 5. The molecule has 13 heteroatoms. The Morgan fingerprint density at radius 2 is 1.66 bits per heavy atom. The van der Waals surface area contributed by atoms with Gasteiger partial charge in [0, 0.05) is 36.3 Å². The summed E-state index contributed by atoms with van der Waals surface area (Å²) in [6.45, 7) is 11.1. The minimum absolute atomic E-state index is 0.102. The van der Waals surface area contributed by atoms with Crippen molar-refractivity contribution in [2.24, 2.45) is 17.3 Å². The topological polar surface area (TPSA) is 166 Å². The Kier molecular flexibility index (Phi) is 15.7. The van der Waals surface area contributed by atoms with Crippen LogP contribution < -0.4 is 26.6 Å². The lowest BCUT2D eigenvalue weighted by Gasteiger charge is -2.37. The number of hydrogen-bond acceptors (Lipinski definition) is 7. The highest BCUT2D eigenvalue weighted by atomic mass is 32.1. The molecule has 0 aromatic carbocycles. The van der Waals surface area contributed by atoms with E-state index in [2.05, 4.69) is 33.2 Å². The molecule has 1 heterocycles. The van der Waals surface area contributed by atoms with Crippen LogP contribution in [0, 0.1) is 17.3 Å². The fourth-order valence-corrected chi connectivity index (χ4v) is 6.92. The average molecular weight is 678 g/mol. The quantitative estimate of drug-likeness (QED) is 0.0607. The number of nitrogens with one attached hydrogen (secondary N) is 5. The van der Waals surface area contributed by atoms with Gasteiger partial charge in [0.2, 0.25) is 23.4 Å². The van der Waals surface area contributed by atoms with Crippen molar-refractivity contribution in [2.45, 2.75) is 122 Å². The highest BCUT2D eigenvalue weighted by Gasteiger charge is 2.43. The molecule has 4 atom stereocenters. The Balaban J connectivity index is 1.66. The zero-order chi connectivity index (χ0) is 34.4. The van der Waals surface area contributed by atoms with Crippen molar-refractivity contribution in [1.82, 2.24) is 31.5 Å². The summed E-state index contributed by atoms with van der Waals surface area (Å²) >= 11 is 0.601. The second kappa shape index (κ2) is 19.2. The van der Waals surface area contributed by atoms with Crippen LogP contribution >= 0.6 is 0 Å². The van der Waals surface area contributed by atoms with Crippen molar-refractivity contribution >= 4 is 41.2 Å². The Labute approximate surface area is 284 Å². The van der Waals surface area contributed by atoms with Crippen LogP contribution in [0.4, 0.5) is 4.79 Å². The van der Waals surface area contributed by atoms with E-state index in [1.165, 1.54) is 17.4 Å². The van der Waals surface area contributed by atoms with Crippen molar-refractivity contribution in [3.8, 4) is 0 Å². The number of rotatable bonds is 19. The van der Waals surface area contributed by atoms with E-state index in [9.17, 15) is 28.2 Å². The van der Waals surface area contributed by atoms with Gasteiger partial charge < -0.3 is 31.5 Å². The molecule has 1 saturated heterocycles. The monoisotopic (exact) mass is 677 g/mol. The van der Waals surface area contributed by atoms with Crippen molar-refractivity contribution in [2.75, 3.05) is 31.9 Å². The number of hydrogen-bond donors (Lipinski definition) is 5. The van der Waals surface area contributed by atoms with E-state index in [0.717, 1.165) is 57.9 Å². The van der Waals surface area contributed by atoms with E-state index >= 15 is 0 Å². The van der Waals surface area contributed by atoms with Crippen LogP contribution in [0.15, 0.2) is 12.7 Å². The molecule has 3 rings (SSSR count). The maximum Gasteiger partial charge on any atom is 0.458 e. The summed E-state index contributed by atoms with van der Waals surface area (Å²) in [6, 6.07) is -3.18. The SMILES string of the molecule is C=CCNC(=O)C(=O)C(CC1CC1)NC(=O)[C@@H]1CCCN1C(=O)[C@@H](NC(=O)N[C@H](CNCCCC[S+]=O)C1CCCCC1)C(C)(C)C. The highest BCUT2D eigenvalue weighted by Crippen LogP contribution is 2.34. The number of likely N-dealkylation sites (tertiary alicyclic amines) is 1. The largest absolute Gasteiger partial charge is 0.458 e. The molecule has 3 aliphatic rings. The Morgan fingerprint density at radius 3 is 2.30 bits per heavy atom. The summed E-state index contributed by atoms with van der Waals surface area (Å²) in [5.41, 5.74) is -0.649. The average Bonchev–Trinajstić information content (AvgIpc) is 3.73.